The summed E-state index contributed by atoms with van der Waals surface area (Å²) >= 11 is 0. The average Bonchev–Trinajstić information content (AvgIpc) is 2.44. The Bertz CT molecular complexity index is 83.0. The maximum Gasteiger partial charge on any atom is -0.0474 e. The van der Waals surface area contributed by atoms with Crippen LogP contribution in [-0.4, -0.2) is 0 Å². The van der Waals surface area contributed by atoms with Crippen molar-refractivity contribution in [3.05, 3.63) is 0 Å². The summed E-state index contributed by atoms with van der Waals surface area (Å²) in [4.78, 5) is 0. The van der Waals surface area contributed by atoms with Gasteiger partial charge in [-0.2, -0.15) is 0 Å². The van der Waals surface area contributed by atoms with Gasteiger partial charge in [0.1, 0.15) is 0 Å². The predicted molar refractivity (Wildman–Crippen MR) is 80.5 cm³/mol. The predicted octanol–water partition coefficient (Wildman–Crippen LogP) is 6.73. The van der Waals surface area contributed by atoms with Crippen molar-refractivity contribution in [2.24, 2.45) is 5.92 Å². The van der Waals surface area contributed by atoms with Crippen LogP contribution in [0, 0.1) is 5.92 Å². The molecule has 0 spiro atoms. The number of hydrogen-bond acceptors (Lipinski definition) is 0. The van der Waals surface area contributed by atoms with E-state index in [1.807, 2.05) is 0 Å². The minimum absolute atomic E-state index is 0.884. The number of hydrogen-bond donors (Lipinski definition) is 0. The Balaban J connectivity index is 0.000000228. The molecular weight excluding hydrogens is 204 g/mol. The van der Waals surface area contributed by atoms with Gasteiger partial charge >= 0.3 is 0 Å². The van der Waals surface area contributed by atoms with Crippen molar-refractivity contribution >= 4 is 0 Å². The molecule has 2 fully saturated rings. The summed E-state index contributed by atoms with van der Waals surface area (Å²) in [6.45, 7) is 6.64. The molecule has 17 heavy (non-hydrogen) atoms. The zero-order chi connectivity index (χ0) is 12.8. The van der Waals surface area contributed by atoms with E-state index in [0.717, 1.165) is 5.92 Å². The summed E-state index contributed by atoms with van der Waals surface area (Å²) in [6.07, 6.45) is 19.3. The van der Waals surface area contributed by atoms with Gasteiger partial charge in [0.15, 0.2) is 0 Å². The molecule has 0 amide bonds. The lowest BCUT2D eigenvalue weighted by Crippen LogP contribution is -1.85. The lowest BCUT2D eigenvalue weighted by molar-refractivity contribution is 0.504. The Morgan fingerprint density at radius 2 is 0.647 bits per heavy atom. The van der Waals surface area contributed by atoms with Crippen LogP contribution >= 0.6 is 0 Å². The first-order chi connectivity index (χ1) is 8.27. The minimum atomic E-state index is 0.884. The molecule has 0 nitrogen and oxygen atoms in total. The summed E-state index contributed by atoms with van der Waals surface area (Å²) in [7, 11) is 0. The van der Waals surface area contributed by atoms with Crippen LogP contribution in [0.2, 0.25) is 0 Å². The largest absolute Gasteiger partial charge is 0.0651 e. The van der Waals surface area contributed by atoms with Crippen LogP contribution in [-0.2, 0) is 0 Å². The van der Waals surface area contributed by atoms with Crippen LogP contribution in [0.3, 0.4) is 0 Å². The van der Waals surface area contributed by atoms with Crippen LogP contribution in [0.25, 0.3) is 0 Å². The molecule has 0 radical (unpaired) electrons. The third-order valence-corrected chi connectivity index (χ3v) is 3.82. The van der Waals surface area contributed by atoms with E-state index in [-0.39, 0.29) is 0 Å². The van der Waals surface area contributed by atoms with Crippen LogP contribution in [0.5, 0.6) is 0 Å². The first-order valence-electron chi connectivity index (χ1n) is 8.27. The van der Waals surface area contributed by atoms with Gasteiger partial charge in [-0.05, 0) is 5.92 Å². The maximum atomic E-state index is 2.22. The van der Waals surface area contributed by atoms with Crippen molar-refractivity contribution < 1.29 is 0 Å². The zero-order valence-corrected chi connectivity index (χ0v) is 12.8. The summed E-state index contributed by atoms with van der Waals surface area (Å²) in [5.41, 5.74) is 0. The molecule has 0 aromatic rings. The Labute approximate surface area is 111 Å². The molecule has 104 valence electrons. The van der Waals surface area contributed by atoms with Gasteiger partial charge in [-0.1, -0.05) is 104 Å². The summed E-state index contributed by atoms with van der Waals surface area (Å²) < 4.78 is 0. The van der Waals surface area contributed by atoms with E-state index in [4.69, 9.17) is 0 Å². The third-order valence-electron chi connectivity index (χ3n) is 3.82. The van der Waals surface area contributed by atoms with E-state index >= 15 is 0 Å². The Morgan fingerprint density at radius 1 is 0.529 bits per heavy atom. The molecule has 0 aromatic carbocycles. The van der Waals surface area contributed by atoms with E-state index in [2.05, 4.69) is 20.8 Å². The molecule has 0 N–H and O–H groups in total. The van der Waals surface area contributed by atoms with Crippen LogP contribution in [0.1, 0.15) is 104 Å². The van der Waals surface area contributed by atoms with Crippen molar-refractivity contribution in [1.29, 1.82) is 0 Å². The average molecular weight is 240 g/mol. The quantitative estimate of drug-likeness (QED) is 0.476. The zero-order valence-electron chi connectivity index (χ0n) is 12.8. The van der Waals surface area contributed by atoms with Crippen LogP contribution < -0.4 is 0 Å². The van der Waals surface area contributed by atoms with Crippen molar-refractivity contribution in [2.45, 2.75) is 104 Å². The molecule has 0 atom stereocenters. The van der Waals surface area contributed by atoms with Crippen molar-refractivity contribution in [3.63, 3.8) is 0 Å². The van der Waals surface area contributed by atoms with Crippen molar-refractivity contribution in [3.8, 4) is 0 Å². The molecule has 0 unspecified atom stereocenters. The van der Waals surface area contributed by atoms with E-state index in [9.17, 15) is 0 Å². The smallest absolute Gasteiger partial charge is 0.0474 e. The molecule has 0 aliphatic heterocycles. The highest BCUT2D eigenvalue weighted by atomic mass is 14.0. The highest BCUT2D eigenvalue weighted by molar-refractivity contribution is 4.51. The van der Waals surface area contributed by atoms with Gasteiger partial charge in [-0.15, -0.1) is 0 Å². The van der Waals surface area contributed by atoms with Gasteiger partial charge in [0, 0.05) is 0 Å². The molecule has 2 aliphatic rings. The Hall–Kier alpha value is 0. The van der Waals surface area contributed by atoms with Crippen LogP contribution in [0.15, 0.2) is 0 Å². The molecule has 2 aliphatic carbocycles. The van der Waals surface area contributed by atoms with Gasteiger partial charge in [-0.25, -0.2) is 0 Å². The first kappa shape index (κ1) is 17.0. The second-order valence-corrected chi connectivity index (χ2v) is 6.04. The first-order valence-corrected chi connectivity index (χ1v) is 8.27. The SMILES string of the molecule is C1CCCCC1.C1CCCCC1.CCC(C)C. The molecule has 0 saturated heterocycles. The molecule has 2 saturated carbocycles. The van der Waals surface area contributed by atoms with E-state index in [1.165, 1.54) is 83.5 Å². The Morgan fingerprint density at radius 3 is 0.706 bits per heavy atom. The van der Waals surface area contributed by atoms with Gasteiger partial charge in [0.25, 0.3) is 0 Å². The molecule has 0 heteroatoms. The highest BCUT2D eigenvalue weighted by Crippen LogP contribution is 2.15. The molecule has 0 bridgehead atoms. The monoisotopic (exact) mass is 240 g/mol. The molecular formula is C17H36. The minimum Gasteiger partial charge on any atom is -0.0651 e. The van der Waals surface area contributed by atoms with Gasteiger partial charge in [-0.3, -0.25) is 0 Å². The van der Waals surface area contributed by atoms with Gasteiger partial charge < -0.3 is 0 Å². The molecule has 0 heterocycles. The molecule has 2 rings (SSSR count). The second kappa shape index (κ2) is 14.1. The Kier molecular flexibility index (Phi) is 14.1. The topological polar surface area (TPSA) is 0 Å². The number of rotatable bonds is 1. The van der Waals surface area contributed by atoms with Crippen LogP contribution in [0.4, 0.5) is 0 Å². The second-order valence-electron chi connectivity index (χ2n) is 6.04. The van der Waals surface area contributed by atoms with Gasteiger partial charge in [0.2, 0.25) is 0 Å². The standard InChI is InChI=1S/2C6H12.C5H12/c2*1-2-4-6-5-3-1;1-4-5(2)3/h2*1-6H2;5H,4H2,1-3H3. The summed E-state index contributed by atoms with van der Waals surface area (Å²) in [5, 5.41) is 0. The van der Waals surface area contributed by atoms with E-state index in [1.54, 1.807) is 0 Å². The lowest BCUT2D eigenvalue weighted by Gasteiger charge is -2.05. The fourth-order valence-electron chi connectivity index (χ4n) is 2.12. The summed E-state index contributed by atoms with van der Waals surface area (Å²) in [5.74, 6) is 0.884. The summed E-state index contributed by atoms with van der Waals surface area (Å²) in [6, 6.07) is 0. The van der Waals surface area contributed by atoms with E-state index in [0.29, 0.717) is 0 Å². The van der Waals surface area contributed by atoms with Crippen molar-refractivity contribution in [2.75, 3.05) is 0 Å². The van der Waals surface area contributed by atoms with Gasteiger partial charge in [0.05, 0.1) is 0 Å². The lowest BCUT2D eigenvalue weighted by atomic mass is 10.0. The maximum absolute atomic E-state index is 2.22. The fraction of sp³-hybridized carbons (Fsp3) is 1.00. The highest BCUT2D eigenvalue weighted by Gasteiger charge is 1.96. The van der Waals surface area contributed by atoms with E-state index < -0.39 is 0 Å². The van der Waals surface area contributed by atoms with Crippen molar-refractivity contribution in [1.82, 2.24) is 0 Å². The third kappa shape index (κ3) is 16.0. The fourth-order valence-corrected chi connectivity index (χ4v) is 2.12. The normalized spacial score (nSPS) is 19.8. The molecule has 0 aromatic heterocycles.